The number of nitriles is 1. The number of likely N-dealkylation sites (tertiary alicyclic amines) is 1. The summed E-state index contributed by atoms with van der Waals surface area (Å²) in [6, 6.07) is 11.7. The molecule has 1 aliphatic heterocycles. The summed E-state index contributed by atoms with van der Waals surface area (Å²) < 4.78 is 31.4. The second kappa shape index (κ2) is 9.94. The average Bonchev–Trinajstić information content (AvgIpc) is 3.50. The van der Waals surface area contributed by atoms with Gasteiger partial charge >= 0.3 is 0 Å². The monoisotopic (exact) mass is 508 g/mol. The molecule has 10 nitrogen and oxygen atoms in total. The van der Waals surface area contributed by atoms with E-state index in [2.05, 4.69) is 15.1 Å². The molecule has 12 heteroatoms. The lowest BCUT2D eigenvalue weighted by Crippen LogP contribution is -2.37. The van der Waals surface area contributed by atoms with E-state index >= 15 is 0 Å². The summed E-state index contributed by atoms with van der Waals surface area (Å²) in [7, 11) is 0. The Bertz CT molecular complexity index is 1590. The molecule has 3 heterocycles. The first-order valence-corrected chi connectivity index (χ1v) is 11.6. The third-order valence-corrected chi connectivity index (χ3v) is 6.20. The third-order valence-electron chi connectivity index (χ3n) is 6.20. The van der Waals surface area contributed by atoms with Crippen molar-refractivity contribution < 1.29 is 23.4 Å². The lowest BCUT2D eigenvalue weighted by molar-refractivity contribution is -0.131. The van der Waals surface area contributed by atoms with Gasteiger partial charge in [0, 0.05) is 24.5 Å². The number of aromatic amines is 1. The molecule has 0 radical (unpaired) electrons. The number of H-pyrrole nitrogens is 1. The number of hydrogen-bond acceptors (Lipinski definition) is 7. The van der Waals surface area contributed by atoms with Crippen molar-refractivity contribution in [3.8, 4) is 11.8 Å². The van der Waals surface area contributed by atoms with E-state index in [1.807, 2.05) is 6.07 Å². The second-order valence-electron chi connectivity index (χ2n) is 8.78. The number of aliphatic hydroxyl groups is 1. The molecule has 37 heavy (non-hydrogen) atoms. The van der Waals surface area contributed by atoms with Gasteiger partial charge in [-0.1, -0.05) is 18.2 Å². The maximum absolute atomic E-state index is 13.1. The van der Waals surface area contributed by atoms with Crippen molar-refractivity contribution in [1.82, 2.24) is 24.6 Å². The van der Waals surface area contributed by atoms with Crippen molar-refractivity contribution >= 4 is 27.7 Å². The van der Waals surface area contributed by atoms with Gasteiger partial charge < -0.3 is 19.7 Å². The van der Waals surface area contributed by atoms with E-state index in [0.717, 1.165) is 4.68 Å². The number of nitrogens with zero attached hydrogens (tertiary/aromatic N) is 5. The first kappa shape index (κ1) is 24.3. The van der Waals surface area contributed by atoms with Gasteiger partial charge in [0.15, 0.2) is 0 Å². The summed E-state index contributed by atoms with van der Waals surface area (Å²) in [6.07, 6.45) is -2.60. The summed E-state index contributed by atoms with van der Waals surface area (Å²) in [5, 5.41) is 24.6. The Morgan fingerprint density at radius 2 is 2.08 bits per heavy atom. The summed E-state index contributed by atoms with van der Waals surface area (Å²) in [6.45, 7) is -0.466. The fraction of sp³-hybridized carbons (Fsp3) is 0.320. The van der Waals surface area contributed by atoms with Crippen LogP contribution in [0.1, 0.15) is 23.5 Å². The Labute approximate surface area is 208 Å². The van der Waals surface area contributed by atoms with Gasteiger partial charge in [-0.3, -0.25) is 9.59 Å². The second-order valence-corrected chi connectivity index (χ2v) is 8.78. The maximum atomic E-state index is 13.1. The third kappa shape index (κ3) is 4.99. The minimum atomic E-state index is -2.69. The number of carbonyl (C=O) groups excluding carboxylic acids is 1. The number of rotatable bonds is 7. The van der Waals surface area contributed by atoms with Crippen LogP contribution in [0.15, 0.2) is 41.2 Å². The quantitative estimate of drug-likeness (QED) is 0.389. The maximum Gasteiger partial charge on any atom is 0.275 e. The van der Waals surface area contributed by atoms with Crippen molar-refractivity contribution in [3.05, 3.63) is 63.8 Å². The lowest BCUT2D eigenvalue weighted by atomic mass is 10.1. The fourth-order valence-electron chi connectivity index (χ4n) is 4.43. The molecule has 0 saturated carbocycles. The standard InChI is InChI=1S/C25H22F2N6O4/c26-22(27)13-37-21-8-20-19(7-14(21)10-28)29-23(30-20)9-18-16-3-1-2-4-17(16)25(36)33(31-18)12-24(35)32-6-5-15(34)11-32/h1-4,7-8,15,22,34H,5-6,9,11-13H2,(H,29,30)/t15-/m0/s1. The highest BCUT2D eigenvalue weighted by molar-refractivity contribution is 5.85. The van der Waals surface area contributed by atoms with Crippen LogP contribution in [0, 0.1) is 11.3 Å². The molecule has 2 N–H and O–H groups in total. The van der Waals surface area contributed by atoms with Crippen molar-refractivity contribution in [1.29, 1.82) is 5.26 Å². The normalized spacial score (nSPS) is 15.5. The minimum absolute atomic E-state index is 0.0102. The molecular weight excluding hydrogens is 486 g/mol. The van der Waals surface area contributed by atoms with Crippen LogP contribution in [-0.2, 0) is 17.8 Å². The molecule has 5 rings (SSSR count). The van der Waals surface area contributed by atoms with E-state index in [9.17, 15) is 28.7 Å². The SMILES string of the molecule is N#Cc1cc2[nH]c(Cc3nn(CC(=O)N4CC[C@H](O)C4)c(=O)c4ccccc34)nc2cc1OCC(F)F. The van der Waals surface area contributed by atoms with Gasteiger partial charge in [-0.15, -0.1) is 0 Å². The van der Waals surface area contributed by atoms with Crippen molar-refractivity contribution in [3.63, 3.8) is 0 Å². The van der Waals surface area contributed by atoms with Crippen LogP contribution in [0.2, 0.25) is 0 Å². The van der Waals surface area contributed by atoms with Gasteiger partial charge in [-0.25, -0.2) is 18.4 Å². The number of ether oxygens (including phenoxy) is 1. The summed E-state index contributed by atoms with van der Waals surface area (Å²) in [4.78, 5) is 34.9. The highest BCUT2D eigenvalue weighted by Crippen LogP contribution is 2.26. The number of carbonyl (C=O) groups is 1. The van der Waals surface area contributed by atoms with Gasteiger partial charge in [0.25, 0.3) is 12.0 Å². The van der Waals surface area contributed by atoms with E-state index in [4.69, 9.17) is 4.74 Å². The zero-order chi connectivity index (χ0) is 26.1. The highest BCUT2D eigenvalue weighted by Gasteiger charge is 2.25. The molecule has 0 unspecified atom stereocenters. The Morgan fingerprint density at radius 3 is 2.78 bits per heavy atom. The topological polar surface area (TPSA) is 137 Å². The van der Waals surface area contributed by atoms with Crippen LogP contribution in [-0.4, -0.2) is 67.9 Å². The first-order valence-electron chi connectivity index (χ1n) is 11.6. The molecule has 2 aromatic heterocycles. The van der Waals surface area contributed by atoms with Crippen LogP contribution < -0.4 is 10.3 Å². The number of halogens is 2. The largest absolute Gasteiger partial charge is 0.486 e. The Morgan fingerprint density at radius 1 is 1.30 bits per heavy atom. The van der Waals surface area contributed by atoms with Crippen LogP contribution in [0.5, 0.6) is 5.75 Å². The first-order chi connectivity index (χ1) is 17.8. The molecule has 4 aromatic rings. The van der Waals surface area contributed by atoms with Crippen LogP contribution in [0.3, 0.4) is 0 Å². The Kier molecular flexibility index (Phi) is 6.54. The van der Waals surface area contributed by atoms with E-state index in [0.29, 0.717) is 46.3 Å². The Hall–Kier alpha value is -4.37. The van der Waals surface area contributed by atoms with E-state index in [1.54, 1.807) is 24.3 Å². The van der Waals surface area contributed by atoms with Crippen LogP contribution in [0.4, 0.5) is 8.78 Å². The zero-order valence-corrected chi connectivity index (χ0v) is 19.5. The van der Waals surface area contributed by atoms with Crippen molar-refractivity contribution in [2.24, 2.45) is 0 Å². The number of nitrogens with one attached hydrogen (secondary N) is 1. The number of hydrogen-bond donors (Lipinski definition) is 2. The zero-order valence-electron chi connectivity index (χ0n) is 19.5. The number of β-amino-alcohol motifs (C(OH)–C–C–N with tert-alkyl or cyclic N) is 1. The summed E-state index contributed by atoms with van der Waals surface area (Å²) >= 11 is 0. The number of fused-ring (bicyclic) bond motifs is 2. The molecular formula is C25H22F2N6O4. The molecule has 0 spiro atoms. The number of alkyl halides is 2. The molecule has 1 amide bonds. The number of imidazole rings is 1. The number of benzene rings is 2. The molecule has 1 aliphatic rings. The fourth-order valence-corrected chi connectivity index (χ4v) is 4.43. The van der Waals surface area contributed by atoms with Crippen molar-refractivity contribution in [2.75, 3.05) is 19.7 Å². The summed E-state index contributed by atoms with van der Waals surface area (Å²) in [5.74, 6) is 0.161. The van der Waals surface area contributed by atoms with E-state index in [-0.39, 0.29) is 36.7 Å². The van der Waals surface area contributed by atoms with E-state index < -0.39 is 24.7 Å². The predicted molar refractivity (Wildman–Crippen MR) is 128 cm³/mol. The smallest absolute Gasteiger partial charge is 0.275 e. The number of aromatic nitrogens is 4. The van der Waals surface area contributed by atoms with Crippen LogP contribution >= 0.6 is 0 Å². The minimum Gasteiger partial charge on any atom is -0.486 e. The number of aliphatic hydroxyl groups excluding tert-OH is 1. The molecule has 1 atom stereocenters. The molecule has 1 fully saturated rings. The van der Waals surface area contributed by atoms with Gasteiger partial charge in [0.2, 0.25) is 5.91 Å². The Balaban J connectivity index is 1.49. The van der Waals surface area contributed by atoms with Gasteiger partial charge in [0.05, 0.1) is 40.2 Å². The lowest BCUT2D eigenvalue weighted by Gasteiger charge is -2.16. The number of amides is 1. The molecule has 0 bridgehead atoms. The van der Waals surface area contributed by atoms with Gasteiger partial charge in [0.1, 0.15) is 30.8 Å². The van der Waals surface area contributed by atoms with Gasteiger partial charge in [-0.05, 0) is 18.6 Å². The highest BCUT2D eigenvalue weighted by atomic mass is 19.3. The predicted octanol–water partition coefficient (Wildman–Crippen LogP) is 1.97. The van der Waals surface area contributed by atoms with Gasteiger partial charge in [-0.2, -0.15) is 10.4 Å². The van der Waals surface area contributed by atoms with Crippen molar-refractivity contribution in [2.45, 2.75) is 31.9 Å². The van der Waals surface area contributed by atoms with Crippen LogP contribution in [0.25, 0.3) is 21.8 Å². The molecule has 1 saturated heterocycles. The molecule has 0 aliphatic carbocycles. The average molecular weight is 508 g/mol. The summed E-state index contributed by atoms with van der Waals surface area (Å²) in [5.41, 5.74) is 1.11. The van der Waals surface area contributed by atoms with E-state index in [1.165, 1.54) is 17.0 Å². The molecule has 190 valence electrons. The molecule has 2 aromatic carbocycles.